The van der Waals surface area contributed by atoms with Gasteiger partial charge in [0.25, 0.3) is 5.91 Å². The fraction of sp³-hybridized carbons (Fsp3) is 0.200. The Bertz CT molecular complexity index is 784. The summed E-state index contributed by atoms with van der Waals surface area (Å²) in [6.45, 7) is 4.40. The van der Waals surface area contributed by atoms with Crippen LogP contribution in [0.2, 0.25) is 0 Å². The molecule has 5 heteroatoms. The van der Waals surface area contributed by atoms with E-state index in [-0.39, 0.29) is 17.9 Å². The maximum Gasteiger partial charge on any atom is 0.251 e. The zero-order valence-corrected chi connectivity index (χ0v) is 13.8. The number of ether oxygens (including phenoxy) is 1. The SMILES string of the molecule is C=CC(=O)NCc1ccc(C(=O)NC2CCOc3ccccc32)cc1. The van der Waals surface area contributed by atoms with E-state index >= 15 is 0 Å². The van der Waals surface area contributed by atoms with Crippen LogP contribution >= 0.6 is 0 Å². The Hall–Kier alpha value is -3.08. The van der Waals surface area contributed by atoms with Crippen molar-refractivity contribution in [2.45, 2.75) is 19.0 Å². The summed E-state index contributed by atoms with van der Waals surface area (Å²) < 4.78 is 5.62. The van der Waals surface area contributed by atoms with E-state index in [1.54, 1.807) is 12.1 Å². The average molecular weight is 336 g/mol. The molecule has 2 amide bonds. The van der Waals surface area contributed by atoms with Gasteiger partial charge in [-0.15, -0.1) is 0 Å². The molecular formula is C20H20N2O3. The molecule has 0 aromatic heterocycles. The number of carbonyl (C=O) groups excluding carboxylic acids is 2. The molecule has 1 aliphatic rings. The van der Waals surface area contributed by atoms with E-state index in [2.05, 4.69) is 17.2 Å². The molecule has 1 heterocycles. The van der Waals surface area contributed by atoms with E-state index in [1.807, 2.05) is 36.4 Å². The average Bonchev–Trinajstić information content (AvgIpc) is 2.66. The highest BCUT2D eigenvalue weighted by atomic mass is 16.5. The first-order chi connectivity index (χ1) is 12.2. The smallest absolute Gasteiger partial charge is 0.251 e. The van der Waals surface area contributed by atoms with E-state index in [0.717, 1.165) is 23.3 Å². The van der Waals surface area contributed by atoms with Gasteiger partial charge in [-0.2, -0.15) is 0 Å². The number of hydrogen-bond donors (Lipinski definition) is 2. The molecule has 0 aliphatic carbocycles. The summed E-state index contributed by atoms with van der Waals surface area (Å²) in [5.74, 6) is 0.482. The van der Waals surface area contributed by atoms with Crippen molar-refractivity contribution in [1.82, 2.24) is 10.6 Å². The third kappa shape index (κ3) is 4.07. The van der Waals surface area contributed by atoms with Crippen molar-refractivity contribution in [3.63, 3.8) is 0 Å². The van der Waals surface area contributed by atoms with E-state index in [0.29, 0.717) is 18.7 Å². The van der Waals surface area contributed by atoms with Gasteiger partial charge in [-0.3, -0.25) is 9.59 Å². The highest BCUT2D eigenvalue weighted by Gasteiger charge is 2.22. The third-order valence-electron chi connectivity index (χ3n) is 4.13. The fourth-order valence-electron chi connectivity index (χ4n) is 2.77. The maximum atomic E-state index is 12.5. The summed E-state index contributed by atoms with van der Waals surface area (Å²) in [5.41, 5.74) is 2.51. The lowest BCUT2D eigenvalue weighted by Gasteiger charge is -2.26. The van der Waals surface area contributed by atoms with Crippen molar-refractivity contribution < 1.29 is 14.3 Å². The van der Waals surface area contributed by atoms with Gasteiger partial charge in [-0.25, -0.2) is 0 Å². The first-order valence-corrected chi connectivity index (χ1v) is 8.19. The summed E-state index contributed by atoms with van der Waals surface area (Å²) in [4.78, 5) is 23.7. The first-order valence-electron chi connectivity index (χ1n) is 8.19. The first kappa shape index (κ1) is 16.8. The van der Waals surface area contributed by atoms with Crippen LogP contribution in [0, 0.1) is 0 Å². The zero-order valence-electron chi connectivity index (χ0n) is 13.8. The predicted molar refractivity (Wildman–Crippen MR) is 95.2 cm³/mol. The topological polar surface area (TPSA) is 67.4 Å². The minimum Gasteiger partial charge on any atom is -0.493 e. The quantitative estimate of drug-likeness (QED) is 0.825. The van der Waals surface area contributed by atoms with Crippen LogP contribution in [0.1, 0.15) is 33.9 Å². The van der Waals surface area contributed by atoms with Gasteiger partial charge < -0.3 is 15.4 Å². The van der Waals surface area contributed by atoms with Gasteiger partial charge in [-0.05, 0) is 29.8 Å². The molecule has 1 unspecified atom stereocenters. The molecule has 3 rings (SSSR count). The number of amides is 2. The number of nitrogens with one attached hydrogen (secondary N) is 2. The van der Waals surface area contributed by atoms with Crippen LogP contribution in [0.4, 0.5) is 0 Å². The number of para-hydroxylation sites is 1. The molecule has 2 aromatic rings. The summed E-state index contributed by atoms with van der Waals surface area (Å²) in [5, 5.41) is 5.77. The van der Waals surface area contributed by atoms with Gasteiger partial charge in [0.15, 0.2) is 0 Å². The molecule has 1 atom stereocenters. The fourth-order valence-corrected chi connectivity index (χ4v) is 2.77. The number of hydrogen-bond acceptors (Lipinski definition) is 3. The van der Waals surface area contributed by atoms with Crippen molar-refractivity contribution in [3.05, 3.63) is 77.9 Å². The van der Waals surface area contributed by atoms with E-state index in [9.17, 15) is 9.59 Å². The van der Waals surface area contributed by atoms with Crippen LogP contribution in [0.3, 0.4) is 0 Å². The second-order valence-electron chi connectivity index (χ2n) is 5.82. The summed E-state index contributed by atoms with van der Waals surface area (Å²) in [7, 11) is 0. The summed E-state index contributed by atoms with van der Waals surface area (Å²) >= 11 is 0. The number of rotatable bonds is 5. The largest absolute Gasteiger partial charge is 0.493 e. The Labute approximate surface area is 146 Å². The van der Waals surface area contributed by atoms with Gasteiger partial charge in [0.05, 0.1) is 12.6 Å². The minimum atomic E-state index is -0.222. The Balaban J connectivity index is 1.64. The molecule has 2 aromatic carbocycles. The molecule has 0 spiro atoms. The Morgan fingerprint density at radius 3 is 2.68 bits per heavy atom. The molecule has 5 nitrogen and oxygen atoms in total. The van der Waals surface area contributed by atoms with Gasteiger partial charge >= 0.3 is 0 Å². The van der Waals surface area contributed by atoms with Crippen LogP contribution in [0.15, 0.2) is 61.2 Å². The lowest BCUT2D eigenvalue weighted by atomic mass is 10.00. The van der Waals surface area contributed by atoms with Crippen LogP contribution in [-0.4, -0.2) is 18.4 Å². The number of benzene rings is 2. The summed E-state index contributed by atoms with van der Waals surface area (Å²) in [6, 6.07) is 14.9. The lowest BCUT2D eigenvalue weighted by Crippen LogP contribution is -2.32. The molecule has 0 fully saturated rings. The van der Waals surface area contributed by atoms with Crippen molar-refractivity contribution >= 4 is 11.8 Å². The van der Waals surface area contributed by atoms with Gasteiger partial charge in [0.1, 0.15) is 5.75 Å². The Morgan fingerprint density at radius 2 is 1.92 bits per heavy atom. The Morgan fingerprint density at radius 1 is 1.16 bits per heavy atom. The van der Waals surface area contributed by atoms with E-state index < -0.39 is 0 Å². The second-order valence-corrected chi connectivity index (χ2v) is 5.82. The maximum absolute atomic E-state index is 12.5. The molecule has 0 saturated carbocycles. The lowest BCUT2D eigenvalue weighted by molar-refractivity contribution is -0.116. The van der Waals surface area contributed by atoms with Gasteiger partial charge in [0.2, 0.25) is 5.91 Å². The predicted octanol–water partition coefficient (Wildman–Crippen LogP) is 2.74. The van der Waals surface area contributed by atoms with Crippen molar-refractivity contribution in [2.75, 3.05) is 6.61 Å². The molecule has 128 valence electrons. The third-order valence-corrected chi connectivity index (χ3v) is 4.13. The second kappa shape index (κ2) is 7.66. The number of fused-ring (bicyclic) bond motifs is 1. The zero-order chi connectivity index (χ0) is 17.6. The van der Waals surface area contributed by atoms with E-state index in [1.165, 1.54) is 6.08 Å². The molecule has 0 radical (unpaired) electrons. The number of carbonyl (C=O) groups is 2. The Kier molecular flexibility index (Phi) is 5.14. The normalized spacial score (nSPS) is 15.4. The molecule has 0 bridgehead atoms. The van der Waals surface area contributed by atoms with Crippen molar-refractivity contribution in [3.8, 4) is 5.75 Å². The molecule has 0 saturated heterocycles. The highest BCUT2D eigenvalue weighted by Crippen LogP contribution is 2.31. The van der Waals surface area contributed by atoms with Crippen LogP contribution in [0.5, 0.6) is 5.75 Å². The van der Waals surface area contributed by atoms with E-state index in [4.69, 9.17) is 4.74 Å². The minimum absolute atomic E-state index is 0.0518. The molecule has 1 aliphatic heterocycles. The van der Waals surface area contributed by atoms with Crippen LogP contribution in [-0.2, 0) is 11.3 Å². The monoisotopic (exact) mass is 336 g/mol. The molecular weight excluding hydrogens is 316 g/mol. The summed E-state index contributed by atoms with van der Waals surface area (Å²) in [6.07, 6.45) is 1.97. The van der Waals surface area contributed by atoms with Gasteiger partial charge in [0, 0.05) is 24.1 Å². The molecule has 2 N–H and O–H groups in total. The standard InChI is InChI=1S/C20H20N2O3/c1-2-19(23)21-13-14-7-9-15(10-8-14)20(24)22-17-11-12-25-18-6-4-3-5-16(17)18/h2-10,17H,1,11-13H2,(H,21,23)(H,22,24). The van der Waals surface area contributed by atoms with Crippen LogP contribution in [0.25, 0.3) is 0 Å². The van der Waals surface area contributed by atoms with Crippen molar-refractivity contribution in [1.29, 1.82) is 0 Å². The molecule has 25 heavy (non-hydrogen) atoms. The van der Waals surface area contributed by atoms with Crippen molar-refractivity contribution in [2.24, 2.45) is 0 Å². The highest BCUT2D eigenvalue weighted by molar-refractivity contribution is 5.94. The van der Waals surface area contributed by atoms with Crippen LogP contribution < -0.4 is 15.4 Å². The van der Waals surface area contributed by atoms with Gasteiger partial charge in [-0.1, -0.05) is 36.9 Å².